The van der Waals surface area contributed by atoms with Crippen LogP contribution in [0.5, 0.6) is 0 Å². The first-order chi connectivity index (χ1) is 21.3. The molecule has 2 aliphatic rings. The molecule has 0 spiro atoms. The molecule has 24 heteroatoms. The molecule has 0 aromatic carbocycles. The topological polar surface area (TPSA) is 319 Å². The summed E-state index contributed by atoms with van der Waals surface area (Å²) in [6.07, 6.45) is -8.23. The van der Waals surface area contributed by atoms with Crippen LogP contribution >= 0.6 is 15.9 Å². The van der Waals surface area contributed by atoms with Crippen molar-refractivity contribution in [1.82, 2.24) is 34.1 Å². The highest BCUT2D eigenvalue weighted by molar-refractivity contribution is 7.53. The number of anilines is 2. The number of nitrogens with two attached hydrogens (primary N) is 2. The zero-order valence-electron chi connectivity index (χ0n) is 22.5. The summed E-state index contributed by atoms with van der Waals surface area (Å²) in [6.45, 7) is -1.53. The molecule has 0 bridgehead atoms. The normalized spacial score (nSPS) is 30.3. The first-order valence-corrected chi connectivity index (χ1v) is 15.7. The van der Waals surface area contributed by atoms with E-state index in [9.17, 15) is 38.5 Å². The van der Waals surface area contributed by atoms with Gasteiger partial charge in [0.25, 0.3) is 5.56 Å². The number of imidazole rings is 1. The Bertz CT molecular complexity index is 1890. The summed E-state index contributed by atoms with van der Waals surface area (Å²) in [5.74, 6) is -1.33. The molecule has 0 amide bonds. The summed E-state index contributed by atoms with van der Waals surface area (Å²) < 4.78 is 62.9. The second-order valence-corrected chi connectivity index (χ2v) is 12.8. The van der Waals surface area contributed by atoms with Crippen LogP contribution < -0.4 is 17.0 Å². The van der Waals surface area contributed by atoms with Gasteiger partial charge in [-0.15, -0.1) is 9.42 Å². The van der Waals surface area contributed by atoms with Crippen LogP contribution in [0.4, 0.5) is 16.2 Å². The summed E-state index contributed by atoms with van der Waals surface area (Å²) in [5, 5.41) is 32.2. The smallest absolute Gasteiger partial charge is 0.389 e. The maximum Gasteiger partial charge on any atom is 0.694 e. The molecule has 10 N–H and O–H groups in total. The molecule has 242 valence electrons. The van der Waals surface area contributed by atoms with Gasteiger partial charge in [0.1, 0.15) is 54.9 Å². The van der Waals surface area contributed by atoms with Gasteiger partial charge in [0.2, 0.25) is 5.95 Å². The summed E-state index contributed by atoms with van der Waals surface area (Å²) in [4.78, 5) is 50.3. The van der Waals surface area contributed by atoms with Crippen molar-refractivity contribution in [3.63, 3.8) is 0 Å². The van der Waals surface area contributed by atoms with Gasteiger partial charge in [-0.2, -0.15) is 4.98 Å². The highest BCUT2D eigenvalue weighted by atomic mass is 31.2. The maximum absolute atomic E-state index is 14.6. The predicted molar refractivity (Wildman–Crippen MR) is 146 cm³/mol. The number of fused-ring (bicyclic) bond motifs is 2. The molecule has 4 aromatic rings. The lowest BCUT2D eigenvalue weighted by Crippen LogP contribution is -2.36. The number of aliphatic hydroxyl groups excluding tert-OH is 3. The lowest BCUT2D eigenvalue weighted by molar-refractivity contribution is -0.0494. The van der Waals surface area contributed by atoms with Crippen molar-refractivity contribution in [3.8, 4) is 0 Å². The molecule has 2 saturated heterocycles. The van der Waals surface area contributed by atoms with Crippen LogP contribution in [0.15, 0.2) is 23.6 Å². The molecule has 0 aliphatic carbocycles. The molecule has 0 saturated carbocycles. The molecule has 6 heterocycles. The fourth-order valence-corrected chi connectivity index (χ4v) is 7.26. The number of H-pyrrole nitrogens is 1. The first kappa shape index (κ1) is 31.5. The molecule has 6 rings (SSSR count). The van der Waals surface area contributed by atoms with E-state index < -0.39 is 89.1 Å². The molecular formula is C21H25FN9O12P2+. The predicted octanol–water partition coefficient (Wildman–Crippen LogP) is -2.02. The van der Waals surface area contributed by atoms with Crippen LogP contribution in [-0.4, -0.2) is 109 Å². The van der Waals surface area contributed by atoms with E-state index >= 15 is 0 Å². The fourth-order valence-electron chi connectivity index (χ4n) is 5.34. The van der Waals surface area contributed by atoms with Crippen molar-refractivity contribution in [2.24, 2.45) is 0 Å². The van der Waals surface area contributed by atoms with Gasteiger partial charge in [-0.1, -0.05) is 0 Å². The van der Waals surface area contributed by atoms with E-state index in [4.69, 9.17) is 30.4 Å². The minimum Gasteiger partial charge on any atom is -0.389 e. The molecule has 21 nitrogen and oxygen atoms in total. The van der Waals surface area contributed by atoms with E-state index in [0.29, 0.717) is 0 Å². The molecule has 2 unspecified atom stereocenters. The van der Waals surface area contributed by atoms with Crippen LogP contribution in [0.3, 0.4) is 0 Å². The van der Waals surface area contributed by atoms with E-state index in [1.165, 1.54) is 0 Å². The van der Waals surface area contributed by atoms with Crippen molar-refractivity contribution in [1.29, 1.82) is 0 Å². The zero-order chi connectivity index (χ0) is 32.4. The van der Waals surface area contributed by atoms with E-state index in [1.807, 2.05) is 0 Å². The Morgan fingerprint density at radius 3 is 2.49 bits per heavy atom. The van der Waals surface area contributed by atoms with E-state index in [-0.39, 0.29) is 34.0 Å². The highest BCUT2D eigenvalue weighted by Crippen LogP contribution is 2.57. The molecule has 10 atom stereocenters. The Morgan fingerprint density at radius 2 is 1.76 bits per heavy atom. The van der Waals surface area contributed by atoms with Crippen LogP contribution in [0, 0.1) is 5.82 Å². The quantitative estimate of drug-likeness (QED) is 0.0887. The number of nitrogens with zero attached hydrogens (tertiary/aromatic N) is 6. The van der Waals surface area contributed by atoms with Gasteiger partial charge >= 0.3 is 15.9 Å². The third-order valence-corrected chi connectivity index (χ3v) is 9.62. The van der Waals surface area contributed by atoms with Gasteiger partial charge in [-0.05, 0) is 0 Å². The van der Waals surface area contributed by atoms with Gasteiger partial charge in [-0.25, -0.2) is 19.3 Å². The first-order valence-electron chi connectivity index (χ1n) is 12.9. The third kappa shape index (κ3) is 5.49. The van der Waals surface area contributed by atoms with Crippen molar-refractivity contribution in [3.05, 3.63) is 35.0 Å². The molecule has 2 fully saturated rings. The van der Waals surface area contributed by atoms with Crippen LogP contribution in [0.25, 0.3) is 22.2 Å². The number of halogens is 1. The van der Waals surface area contributed by atoms with E-state index in [1.54, 1.807) is 0 Å². The number of hydrogen-bond acceptors (Lipinski definition) is 16. The van der Waals surface area contributed by atoms with Crippen molar-refractivity contribution >= 4 is 49.8 Å². The minimum absolute atomic E-state index is 0.0572. The molecule has 2 aliphatic heterocycles. The molecular weight excluding hydrogens is 651 g/mol. The van der Waals surface area contributed by atoms with E-state index in [2.05, 4.69) is 29.4 Å². The average Bonchev–Trinajstić information content (AvgIpc) is 3.70. The Balaban J connectivity index is 1.27. The summed E-state index contributed by atoms with van der Waals surface area (Å²) in [5.41, 5.74) is 8.30. The Kier molecular flexibility index (Phi) is 8.16. The number of nitrogens with one attached hydrogen (secondary N) is 1. The lowest BCUT2D eigenvalue weighted by atomic mass is 10.1. The molecule has 45 heavy (non-hydrogen) atoms. The van der Waals surface area contributed by atoms with Crippen LogP contribution in [-0.2, 0) is 27.7 Å². The Morgan fingerprint density at radius 1 is 1.04 bits per heavy atom. The Labute approximate surface area is 249 Å². The average molecular weight is 676 g/mol. The van der Waals surface area contributed by atoms with Gasteiger partial charge in [-0.3, -0.25) is 18.9 Å². The largest absolute Gasteiger partial charge is 0.694 e. The summed E-state index contributed by atoms with van der Waals surface area (Å²) in [6, 6.07) is 0. The minimum atomic E-state index is -5.05. The fraction of sp³-hybridized carbons (Fsp3) is 0.476. The van der Waals surface area contributed by atoms with Crippen molar-refractivity contribution in [2.45, 2.75) is 48.6 Å². The highest BCUT2D eigenvalue weighted by Gasteiger charge is 2.56. The monoisotopic (exact) mass is 676 g/mol. The SMILES string of the molecule is Nc1nc2c(ncn2[C@@H]2O[C@H](CO[P+](=O)O)[C@@H](O)[C@H]2P(=O)(O)OC[C@H]2O[C@@H](n3cc(F)c4c(N)ncnc43)[C@H](O)[C@@H]2O)c(=O)[nH]1. The number of aliphatic hydroxyl groups is 3. The number of aromatic amines is 1. The maximum atomic E-state index is 14.6. The molecule has 0 radical (unpaired) electrons. The second kappa shape index (κ2) is 11.7. The van der Waals surface area contributed by atoms with Crippen LogP contribution in [0.2, 0.25) is 0 Å². The second-order valence-electron chi connectivity index (χ2n) is 10.1. The number of hydrogen-bond donors (Lipinski definition) is 8. The number of aromatic nitrogens is 7. The van der Waals surface area contributed by atoms with Gasteiger partial charge < -0.3 is 50.2 Å². The zero-order valence-corrected chi connectivity index (χ0v) is 24.3. The van der Waals surface area contributed by atoms with Gasteiger partial charge in [0, 0.05) is 10.8 Å². The number of nitrogen functional groups attached to an aromatic ring is 2. The number of rotatable bonds is 9. The van der Waals surface area contributed by atoms with Crippen molar-refractivity contribution in [2.75, 3.05) is 24.7 Å². The number of ether oxygens (including phenoxy) is 2. The Hall–Kier alpha value is -3.53. The van der Waals surface area contributed by atoms with Crippen LogP contribution in [0.1, 0.15) is 12.5 Å². The van der Waals surface area contributed by atoms with Crippen molar-refractivity contribution < 1.29 is 57.1 Å². The summed E-state index contributed by atoms with van der Waals surface area (Å²) in [7, 11) is -8.19. The third-order valence-electron chi connectivity index (χ3n) is 7.42. The molecule has 4 aromatic heterocycles. The lowest BCUT2D eigenvalue weighted by Gasteiger charge is -2.27. The van der Waals surface area contributed by atoms with Gasteiger partial charge in [0.15, 0.2) is 35.1 Å². The summed E-state index contributed by atoms with van der Waals surface area (Å²) >= 11 is 0. The standard InChI is InChI=1S/C21H24FN9O12P2/c22-6-1-30(16-9(6)15(23)25-4-26-16)19-13(34)11(32)8(42-19)3-41-45(38,39)14-12(33)7(2-40-44(36)37)43-20(14)31-5-27-10-17(31)28-21(24)29-18(10)35/h1,4-5,7-8,11-14,19-20,32-34H,2-3H2,(H6-,23,24,25,26,28,29,35,36,37,38,39)/p+1/t7-,8-,11-,12-,13-,14-,19-,20-/m1/s1. The van der Waals surface area contributed by atoms with Gasteiger partial charge in [0.05, 0.1) is 18.3 Å². The van der Waals surface area contributed by atoms with E-state index in [0.717, 1.165) is 28.0 Å².